The molecule has 0 aromatic heterocycles. The first kappa shape index (κ1) is 59.5. The monoisotopic (exact) mass is 961 g/mol. The van der Waals surface area contributed by atoms with Crippen LogP contribution in [0.15, 0.2) is 0 Å². The molecule has 0 fully saturated rings. The Bertz CT molecular complexity index is 883. The third-order valence-electron chi connectivity index (χ3n) is 8.18. The fourth-order valence-corrected chi connectivity index (χ4v) is 6.22. The minimum absolute atomic E-state index is 0. The van der Waals surface area contributed by atoms with Gasteiger partial charge in [0.15, 0.2) is 0 Å². The van der Waals surface area contributed by atoms with E-state index in [9.17, 15) is 38.9 Å². The molecule has 0 spiro atoms. The third-order valence-corrected chi connectivity index (χ3v) is 9.54. The summed E-state index contributed by atoms with van der Waals surface area (Å²) in [5.41, 5.74) is 0. The number of rotatable bonds is 36. The van der Waals surface area contributed by atoms with Crippen molar-refractivity contribution in [3.8, 4) is 0 Å². The molecule has 0 aromatic carbocycles. The molecule has 0 amide bonds. The molecule has 52 heavy (non-hydrogen) atoms. The molecule has 0 rings (SSSR count). The molecular formula is C36H75ErO12S3. The Morgan fingerprint density at radius 2 is 0.423 bits per heavy atom. The third kappa shape index (κ3) is 68.8. The molecule has 1 radical (unpaired) electrons. The van der Waals surface area contributed by atoms with E-state index in [0.29, 0.717) is 19.3 Å². The van der Waals surface area contributed by atoms with Crippen LogP contribution in [0, 0.1) is 37.3 Å². The van der Waals surface area contributed by atoms with Crippen LogP contribution in [0.5, 0.6) is 0 Å². The zero-order valence-corrected chi connectivity index (χ0v) is 37.0. The molecule has 0 aliphatic heterocycles. The number of hydrogen-bond donors (Lipinski definition) is 0. The summed E-state index contributed by atoms with van der Waals surface area (Å²) in [6, 6.07) is 0. The first-order valence-electron chi connectivity index (χ1n) is 20.0. The van der Waals surface area contributed by atoms with Gasteiger partial charge < -0.3 is 13.7 Å². The molecule has 0 heterocycles. The maximum Gasteiger partial charge on any atom is 3.00 e. The van der Waals surface area contributed by atoms with Crippen LogP contribution in [0.2, 0.25) is 0 Å². The van der Waals surface area contributed by atoms with Gasteiger partial charge in [-0.2, -0.15) is 0 Å². The van der Waals surface area contributed by atoms with Crippen LogP contribution in [0.4, 0.5) is 0 Å². The molecule has 0 N–H and O–H groups in total. The second kappa shape index (κ2) is 44.6. The van der Waals surface area contributed by atoms with E-state index in [1.807, 2.05) is 0 Å². The van der Waals surface area contributed by atoms with Crippen LogP contribution in [0.1, 0.15) is 213 Å². The second-order valence-electron chi connectivity index (χ2n) is 13.2. The van der Waals surface area contributed by atoms with Crippen LogP contribution in [0.25, 0.3) is 0 Å². The number of unbranched alkanes of at least 4 members (excludes halogenated alkanes) is 27. The van der Waals surface area contributed by atoms with E-state index in [1.165, 1.54) is 135 Å². The summed E-state index contributed by atoms with van der Waals surface area (Å²) in [4.78, 5) is 0. The molecule has 0 aromatic rings. The van der Waals surface area contributed by atoms with E-state index in [2.05, 4.69) is 33.3 Å². The summed E-state index contributed by atoms with van der Waals surface area (Å²) in [6.45, 7) is 6.73. The molecule has 0 unspecified atom stereocenters. The Labute approximate surface area is 350 Å². The zero-order chi connectivity index (χ0) is 39.0. The Kier molecular flexibility index (Phi) is 51.0. The van der Waals surface area contributed by atoms with Crippen LogP contribution < -0.4 is 0 Å². The van der Waals surface area contributed by atoms with Gasteiger partial charge in [-0.05, 0) is 19.3 Å². The smallest absolute Gasteiger partial charge is 0.726 e. The van der Waals surface area contributed by atoms with Crippen molar-refractivity contribution in [2.75, 3.05) is 19.8 Å². The minimum Gasteiger partial charge on any atom is -0.726 e. The van der Waals surface area contributed by atoms with E-state index in [-0.39, 0.29) is 57.1 Å². The summed E-state index contributed by atoms with van der Waals surface area (Å²) < 4.78 is 103. The number of hydrogen-bond acceptors (Lipinski definition) is 12. The Hall–Kier alpha value is 0.857. The van der Waals surface area contributed by atoms with Crippen LogP contribution >= 0.6 is 0 Å². The minimum atomic E-state index is -4.48. The van der Waals surface area contributed by atoms with Crippen molar-refractivity contribution in [1.29, 1.82) is 0 Å². The molecule has 0 saturated heterocycles. The average Bonchev–Trinajstić information content (AvgIpc) is 3.04. The maximum absolute atomic E-state index is 10.1. The summed E-state index contributed by atoms with van der Waals surface area (Å²) in [5.74, 6) is 0. The van der Waals surface area contributed by atoms with Crippen LogP contribution in [0.3, 0.4) is 0 Å². The Morgan fingerprint density at radius 3 is 0.558 bits per heavy atom. The summed E-state index contributed by atoms with van der Waals surface area (Å²) in [7, 11) is -13.5. The normalized spacial score (nSPS) is 11.7. The van der Waals surface area contributed by atoms with E-state index < -0.39 is 31.2 Å². The van der Waals surface area contributed by atoms with Gasteiger partial charge in [0.2, 0.25) is 31.2 Å². The van der Waals surface area contributed by atoms with Crippen molar-refractivity contribution < 1.29 is 88.8 Å². The predicted molar refractivity (Wildman–Crippen MR) is 202 cm³/mol. The average molecular weight is 963 g/mol. The van der Waals surface area contributed by atoms with Crippen molar-refractivity contribution in [2.24, 2.45) is 0 Å². The van der Waals surface area contributed by atoms with Gasteiger partial charge in [-0.15, -0.1) is 0 Å². The Balaban J connectivity index is -0.000000329. The fourth-order valence-electron chi connectivity index (χ4n) is 5.25. The van der Waals surface area contributed by atoms with Gasteiger partial charge in [-0.25, -0.2) is 25.3 Å². The van der Waals surface area contributed by atoms with Crippen molar-refractivity contribution >= 4 is 31.2 Å². The van der Waals surface area contributed by atoms with Crippen molar-refractivity contribution in [3.05, 3.63) is 0 Å². The van der Waals surface area contributed by atoms with E-state index in [0.717, 1.165) is 38.5 Å². The SMILES string of the molecule is CCCCCCCCCCCCOS(=O)(=O)[O-].CCCCCCCCCCCCOS(=O)(=O)[O-].CCCCCCCCCCCCOS(=O)(=O)[O-].[Er+3]. The van der Waals surface area contributed by atoms with Crippen LogP contribution in [-0.2, 0) is 43.7 Å². The molecule has 0 aliphatic rings. The van der Waals surface area contributed by atoms with Gasteiger partial charge in [0.25, 0.3) is 0 Å². The standard InChI is InChI=1S/3C12H26O4S.Er/c3*1-2-3-4-5-6-7-8-9-10-11-12-16-17(13,14)15;/h3*2-12H2,1H3,(H,13,14,15);/q;;;+3/p-3. The van der Waals surface area contributed by atoms with Crippen molar-refractivity contribution in [2.45, 2.75) is 213 Å². The molecule has 0 saturated carbocycles. The van der Waals surface area contributed by atoms with E-state index in [4.69, 9.17) is 0 Å². The maximum atomic E-state index is 10.1. The molecule has 0 bridgehead atoms. The largest absolute Gasteiger partial charge is 3.00 e. The van der Waals surface area contributed by atoms with Gasteiger partial charge in [0.1, 0.15) is 0 Å². The first-order valence-corrected chi connectivity index (χ1v) is 24.0. The summed E-state index contributed by atoms with van der Waals surface area (Å²) in [5, 5.41) is 0. The summed E-state index contributed by atoms with van der Waals surface area (Å²) >= 11 is 0. The van der Waals surface area contributed by atoms with Gasteiger partial charge in [-0.1, -0.05) is 194 Å². The molecule has 0 atom stereocenters. The topological polar surface area (TPSA) is 199 Å². The summed E-state index contributed by atoms with van der Waals surface area (Å²) in [6.07, 6.45) is 35.1. The van der Waals surface area contributed by atoms with Gasteiger partial charge in [0.05, 0.1) is 19.8 Å². The van der Waals surface area contributed by atoms with Gasteiger partial charge in [0, 0.05) is 0 Å². The first-order chi connectivity index (χ1) is 24.2. The predicted octanol–water partition coefficient (Wildman–Crippen LogP) is 10.2. The van der Waals surface area contributed by atoms with Gasteiger partial charge in [-0.3, -0.25) is 12.5 Å². The molecule has 12 nitrogen and oxygen atoms in total. The Morgan fingerprint density at radius 1 is 0.288 bits per heavy atom. The van der Waals surface area contributed by atoms with Crippen LogP contribution in [-0.4, -0.2) is 58.7 Å². The second-order valence-corrected chi connectivity index (χ2v) is 16.4. The molecular weight excluding hydrogens is 888 g/mol. The fraction of sp³-hybridized carbons (Fsp3) is 1.00. The molecule has 16 heteroatoms. The quantitative estimate of drug-likeness (QED) is 0.0327. The molecule has 321 valence electrons. The van der Waals surface area contributed by atoms with Gasteiger partial charge >= 0.3 is 37.3 Å². The zero-order valence-electron chi connectivity index (χ0n) is 32.7. The molecule has 0 aliphatic carbocycles. The van der Waals surface area contributed by atoms with Crippen molar-refractivity contribution in [1.82, 2.24) is 0 Å². The van der Waals surface area contributed by atoms with Crippen molar-refractivity contribution in [3.63, 3.8) is 0 Å². The van der Waals surface area contributed by atoms with E-state index in [1.54, 1.807) is 0 Å². The van der Waals surface area contributed by atoms with E-state index >= 15 is 0 Å².